The summed E-state index contributed by atoms with van der Waals surface area (Å²) in [6, 6.07) is 14.1. The SMILES string of the molecule is CC[N+](C)(CC)CC[NH+](Cc1ncccc1OC(=O)N(C)C)c1ccccc1.C[O-].[Br-]. The van der Waals surface area contributed by atoms with E-state index in [0.29, 0.717) is 12.3 Å². The van der Waals surface area contributed by atoms with Gasteiger partial charge in [-0.3, -0.25) is 9.88 Å². The molecule has 8 heteroatoms. The molecule has 1 N–H and O–H groups in total. The number of quaternary nitrogens is 2. The number of nitrogens with one attached hydrogen (secondary N) is 1. The number of halogens is 1. The number of likely N-dealkylation sites (N-methyl/N-ethyl adjacent to an activating group) is 1. The van der Waals surface area contributed by atoms with Gasteiger partial charge in [-0.1, -0.05) is 18.2 Å². The van der Waals surface area contributed by atoms with E-state index in [1.807, 2.05) is 12.1 Å². The second kappa shape index (κ2) is 14.9. The number of amides is 1. The van der Waals surface area contributed by atoms with E-state index in [1.54, 1.807) is 26.4 Å². The Bertz CT molecular complexity index is 755. The number of pyridine rings is 1. The van der Waals surface area contributed by atoms with Gasteiger partial charge in [0.1, 0.15) is 31.0 Å². The highest BCUT2D eigenvalue weighted by Crippen LogP contribution is 2.16. The molecule has 0 spiro atoms. The van der Waals surface area contributed by atoms with Crippen LogP contribution >= 0.6 is 0 Å². The lowest BCUT2D eigenvalue weighted by molar-refractivity contribution is -0.940. The van der Waals surface area contributed by atoms with E-state index in [2.05, 4.69) is 50.1 Å². The molecule has 174 valence electrons. The van der Waals surface area contributed by atoms with Crippen LogP contribution in [0.5, 0.6) is 5.75 Å². The van der Waals surface area contributed by atoms with Crippen molar-refractivity contribution < 1.29 is 41.0 Å². The van der Waals surface area contributed by atoms with Crippen molar-refractivity contribution in [2.75, 3.05) is 54.4 Å². The summed E-state index contributed by atoms with van der Waals surface area (Å²) < 4.78 is 6.57. The molecule has 2 aromatic rings. The highest BCUT2D eigenvalue weighted by Gasteiger charge is 2.24. The lowest BCUT2D eigenvalue weighted by atomic mass is 10.2. The first-order valence-corrected chi connectivity index (χ1v) is 10.4. The number of hydrogen-bond acceptors (Lipinski definition) is 4. The Hall–Kier alpha value is -2.00. The molecule has 0 bridgehead atoms. The molecule has 0 fully saturated rings. The minimum atomic E-state index is -0.392. The summed E-state index contributed by atoms with van der Waals surface area (Å²) in [5.41, 5.74) is 2.01. The molecule has 2 rings (SSSR count). The van der Waals surface area contributed by atoms with Crippen LogP contribution in [0, 0.1) is 0 Å². The normalized spacial score (nSPS) is 11.5. The molecular formula is C23H37BrN4O3. The average Bonchev–Trinajstić information content (AvgIpc) is 2.79. The summed E-state index contributed by atoms with van der Waals surface area (Å²) in [4.78, 5) is 19.3. The highest BCUT2D eigenvalue weighted by atomic mass is 79.9. The van der Waals surface area contributed by atoms with E-state index >= 15 is 0 Å². The van der Waals surface area contributed by atoms with Crippen molar-refractivity contribution in [1.29, 1.82) is 0 Å². The van der Waals surface area contributed by atoms with Gasteiger partial charge >= 0.3 is 6.09 Å². The molecule has 1 unspecified atom stereocenters. The van der Waals surface area contributed by atoms with E-state index in [1.165, 1.54) is 15.5 Å². The van der Waals surface area contributed by atoms with Crippen molar-refractivity contribution in [3.63, 3.8) is 0 Å². The highest BCUT2D eigenvalue weighted by molar-refractivity contribution is 5.70. The number of nitrogens with zero attached hydrogens (tertiary/aromatic N) is 3. The third-order valence-electron chi connectivity index (χ3n) is 5.45. The van der Waals surface area contributed by atoms with Crippen LogP contribution in [0.3, 0.4) is 0 Å². The largest absolute Gasteiger partial charge is 1.00 e. The van der Waals surface area contributed by atoms with Gasteiger partial charge in [0, 0.05) is 20.3 Å². The third-order valence-corrected chi connectivity index (χ3v) is 5.45. The standard InChI is InChI=1S/C22H33N4O2.CH3O.BrH/c1-6-26(5,7-2)17-16-25(19-12-9-8-10-13-19)18-20-21(14-11-15-23-20)28-22(27)24(3)4;1-2;/h8-15H,6-7,16-18H2,1-5H3;1H3;1H/q+1;-1;. The fraction of sp³-hybridized carbons (Fsp3) is 0.478. The molecule has 0 aliphatic carbocycles. The second-order valence-corrected chi connectivity index (χ2v) is 7.58. The first-order chi connectivity index (χ1) is 14.4. The quantitative estimate of drug-likeness (QED) is 0.421. The topological polar surface area (TPSA) is 69.9 Å². The predicted molar refractivity (Wildman–Crippen MR) is 118 cm³/mol. The van der Waals surface area contributed by atoms with Gasteiger partial charge in [0.25, 0.3) is 0 Å². The van der Waals surface area contributed by atoms with Gasteiger partial charge in [0.15, 0.2) is 5.75 Å². The smallest absolute Gasteiger partial charge is 0.414 e. The molecule has 0 saturated carbocycles. The van der Waals surface area contributed by atoms with Gasteiger partial charge in [0.2, 0.25) is 0 Å². The average molecular weight is 497 g/mol. The van der Waals surface area contributed by atoms with Crippen LogP contribution < -0.4 is 31.7 Å². The van der Waals surface area contributed by atoms with Crippen molar-refractivity contribution >= 4 is 11.8 Å². The number of rotatable bonds is 9. The number of carbonyl (C=O) groups is 1. The fourth-order valence-corrected chi connectivity index (χ4v) is 2.99. The number of para-hydroxylation sites is 1. The molecule has 1 amide bonds. The third kappa shape index (κ3) is 9.35. The molecule has 0 aliphatic rings. The Labute approximate surface area is 197 Å². The summed E-state index contributed by atoms with van der Waals surface area (Å²) in [5, 5.41) is 8.25. The van der Waals surface area contributed by atoms with Crippen molar-refractivity contribution in [3.8, 4) is 5.75 Å². The lowest BCUT2D eigenvalue weighted by Crippen LogP contribution is -3.07. The zero-order chi connectivity index (χ0) is 22.6. The molecule has 31 heavy (non-hydrogen) atoms. The summed E-state index contributed by atoms with van der Waals surface area (Å²) in [5.74, 6) is 0.526. The zero-order valence-electron chi connectivity index (χ0n) is 19.6. The Morgan fingerprint density at radius 2 is 1.71 bits per heavy atom. The summed E-state index contributed by atoms with van der Waals surface area (Å²) in [6.45, 7) is 9.39. The minimum Gasteiger partial charge on any atom is -1.00 e. The maximum atomic E-state index is 12.0. The summed E-state index contributed by atoms with van der Waals surface area (Å²) in [6.07, 6.45) is 1.36. The number of carbonyl (C=O) groups excluding carboxylic acids is 1. The first-order valence-electron chi connectivity index (χ1n) is 10.4. The van der Waals surface area contributed by atoms with Crippen LogP contribution in [-0.4, -0.2) is 74.9 Å². The summed E-state index contributed by atoms with van der Waals surface area (Å²) >= 11 is 0. The number of aromatic nitrogens is 1. The van der Waals surface area contributed by atoms with Crippen LogP contribution in [0.4, 0.5) is 10.5 Å². The molecule has 1 atom stereocenters. The zero-order valence-corrected chi connectivity index (χ0v) is 21.2. The Kier molecular flexibility index (Phi) is 13.9. The van der Waals surface area contributed by atoms with Gasteiger partial charge < -0.3 is 36.2 Å². The van der Waals surface area contributed by atoms with Gasteiger partial charge in [-0.05, 0) is 38.1 Å². The lowest BCUT2D eigenvalue weighted by Gasteiger charge is -2.33. The Morgan fingerprint density at radius 1 is 1.10 bits per heavy atom. The van der Waals surface area contributed by atoms with Crippen molar-refractivity contribution in [2.24, 2.45) is 0 Å². The van der Waals surface area contributed by atoms with Gasteiger partial charge in [0.05, 0.1) is 20.1 Å². The number of ether oxygens (including phenoxy) is 1. The first kappa shape index (κ1) is 29.0. The van der Waals surface area contributed by atoms with Crippen molar-refractivity contribution in [1.82, 2.24) is 9.88 Å². The molecular weight excluding hydrogens is 460 g/mol. The van der Waals surface area contributed by atoms with Crippen LogP contribution in [-0.2, 0) is 6.54 Å². The van der Waals surface area contributed by atoms with Crippen molar-refractivity contribution in [2.45, 2.75) is 20.4 Å². The van der Waals surface area contributed by atoms with Gasteiger partial charge in [-0.15, -0.1) is 0 Å². The molecule has 7 nitrogen and oxygen atoms in total. The van der Waals surface area contributed by atoms with Crippen LogP contribution in [0.2, 0.25) is 0 Å². The van der Waals surface area contributed by atoms with E-state index in [4.69, 9.17) is 9.84 Å². The molecule has 1 heterocycles. The second-order valence-electron chi connectivity index (χ2n) is 7.58. The molecule has 0 aliphatic heterocycles. The maximum absolute atomic E-state index is 12.0. The van der Waals surface area contributed by atoms with Crippen LogP contribution in [0.1, 0.15) is 19.5 Å². The van der Waals surface area contributed by atoms with Crippen molar-refractivity contribution in [3.05, 3.63) is 54.4 Å². The molecule has 0 radical (unpaired) electrons. The van der Waals surface area contributed by atoms with Gasteiger partial charge in [-0.25, -0.2) is 4.79 Å². The molecule has 1 aromatic carbocycles. The van der Waals surface area contributed by atoms with E-state index in [-0.39, 0.29) is 17.0 Å². The van der Waals surface area contributed by atoms with E-state index < -0.39 is 6.09 Å². The maximum Gasteiger partial charge on any atom is 0.414 e. The molecule has 1 aromatic heterocycles. The Morgan fingerprint density at radius 3 is 2.26 bits per heavy atom. The fourth-order valence-electron chi connectivity index (χ4n) is 2.99. The predicted octanol–water partition coefficient (Wildman–Crippen LogP) is -1.67. The number of hydrogen-bond donors (Lipinski definition) is 1. The van der Waals surface area contributed by atoms with Gasteiger partial charge in [-0.2, -0.15) is 7.11 Å². The van der Waals surface area contributed by atoms with E-state index in [9.17, 15) is 4.79 Å². The Balaban J connectivity index is 0.00000291. The van der Waals surface area contributed by atoms with Crippen LogP contribution in [0.15, 0.2) is 48.7 Å². The monoisotopic (exact) mass is 496 g/mol. The minimum absolute atomic E-state index is 0. The number of benzene rings is 1. The van der Waals surface area contributed by atoms with Crippen LogP contribution in [0.25, 0.3) is 0 Å². The molecule has 0 saturated heterocycles. The summed E-state index contributed by atoms with van der Waals surface area (Å²) in [7, 11) is 6.40. The van der Waals surface area contributed by atoms with E-state index in [0.717, 1.165) is 43.5 Å².